The van der Waals surface area contributed by atoms with E-state index in [0.717, 1.165) is 36.4 Å². The second kappa shape index (κ2) is 13.1. The standard InChI is InChI=1S/C26H36N2O2S/c1-5-6-7-8-17-30-24-15-13-23(14-16-24)27-26(31)28-25(29)20(4)22-11-9-21(10-12-22)18-19(2)3/h9-16,19-20H,5-8,17-18H2,1-4H3,(H2,27,28,29,31). The maximum absolute atomic E-state index is 12.6. The molecule has 2 N–H and O–H groups in total. The van der Waals surface area contributed by atoms with Gasteiger partial charge in [0, 0.05) is 5.69 Å². The Labute approximate surface area is 192 Å². The van der Waals surface area contributed by atoms with Crippen molar-refractivity contribution >= 4 is 28.9 Å². The number of nitrogens with one attached hydrogen (secondary N) is 2. The Hall–Kier alpha value is -2.40. The molecule has 0 aromatic heterocycles. The summed E-state index contributed by atoms with van der Waals surface area (Å²) in [7, 11) is 0. The van der Waals surface area contributed by atoms with Gasteiger partial charge in [-0.1, -0.05) is 64.3 Å². The molecule has 5 heteroatoms. The number of amides is 1. The van der Waals surface area contributed by atoms with Gasteiger partial charge in [0.15, 0.2) is 5.11 Å². The van der Waals surface area contributed by atoms with Crippen molar-refractivity contribution in [2.24, 2.45) is 5.92 Å². The van der Waals surface area contributed by atoms with Crippen LogP contribution in [0.15, 0.2) is 48.5 Å². The van der Waals surface area contributed by atoms with Gasteiger partial charge in [-0.2, -0.15) is 0 Å². The average Bonchev–Trinajstić information content (AvgIpc) is 2.74. The number of anilines is 1. The van der Waals surface area contributed by atoms with Crippen LogP contribution in [0, 0.1) is 5.92 Å². The van der Waals surface area contributed by atoms with Crippen LogP contribution in [0.5, 0.6) is 5.75 Å². The van der Waals surface area contributed by atoms with Gasteiger partial charge in [-0.15, -0.1) is 0 Å². The SMILES string of the molecule is CCCCCCOc1ccc(NC(=S)NC(=O)C(C)c2ccc(CC(C)C)cc2)cc1. The number of rotatable bonds is 11. The highest BCUT2D eigenvalue weighted by molar-refractivity contribution is 7.80. The molecule has 0 saturated carbocycles. The minimum atomic E-state index is -0.281. The van der Waals surface area contributed by atoms with E-state index in [1.54, 1.807) is 0 Å². The van der Waals surface area contributed by atoms with Crippen molar-refractivity contribution in [2.45, 2.75) is 65.7 Å². The number of ether oxygens (including phenoxy) is 1. The van der Waals surface area contributed by atoms with Crippen LogP contribution >= 0.6 is 12.2 Å². The van der Waals surface area contributed by atoms with Crippen LogP contribution in [-0.2, 0) is 11.2 Å². The summed E-state index contributed by atoms with van der Waals surface area (Å²) in [6.45, 7) is 9.23. The van der Waals surface area contributed by atoms with Gasteiger partial charge in [-0.25, -0.2) is 0 Å². The second-order valence-corrected chi connectivity index (χ2v) is 8.85. The molecule has 1 atom stereocenters. The first-order valence-corrected chi connectivity index (χ1v) is 11.7. The lowest BCUT2D eigenvalue weighted by Crippen LogP contribution is -2.36. The zero-order chi connectivity index (χ0) is 22.6. The van der Waals surface area contributed by atoms with E-state index in [4.69, 9.17) is 17.0 Å². The molecule has 0 fully saturated rings. The first kappa shape index (κ1) is 24.9. The van der Waals surface area contributed by atoms with Gasteiger partial charge >= 0.3 is 0 Å². The van der Waals surface area contributed by atoms with Gasteiger partial charge in [0.25, 0.3) is 0 Å². The zero-order valence-electron chi connectivity index (χ0n) is 19.2. The van der Waals surface area contributed by atoms with E-state index in [0.29, 0.717) is 11.0 Å². The maximum Gasteiger partial charge on any atom is 0.233 e. The third kappa shape index (κ3) is 9.09. The van der Waals surface area contributed by atoms with E-state index >= 15 is 0 Å². The summed E-state index contributed by atoms with van der Waals surface area (Å²) < 4.78 is 5.76. The van der Waals surface area contributed by atoms with E-state index in [1.165, 1.54) is 24.8 Å². The van der Waals surface area contributed by atoms with E-state index in [2.05, 4.69) is 43.5 Å². The first-order valence-electron chi connectivity index (χ1n) is 11.3. The van der Waals surface area contributed by atoms with Crippen LogP contribution in [0.1, 0.15) is 70.4 Å². The minimum Gasteiger partial charge on any atom is -0.494 e. The van der Waals surface area contributed by atoms with Crippen molar-refractivity contribution in [1.29, 1.82) is 0 Å². The van der Waals surface area contributed by atoms with Crippen molar-refractivity contribution in [2.75, 3.05) is 11.9 Å². The monoisotopic (exact) mass is 440 g/mol. The van der Waals surface area contributed by atoms with E-state index in [-0.39, 0.29) is 11.8 Å². The molecule has 0 aliphatic rings. The number of carbonyl (C=O) groups is 1. The third-order valence-corrected chi connectivity index (χ3v) is 5.34. The zero-order valence-corrected chi connectivity index (χ0v) is 20.1. The molecule has 0 aliphatic carbocycles. The predicted octanol–water partition coefficient (Wildman–Crippen LogP) is 6.46. The van der Waals surface area contributed by atoms with Crippen LogP contribution in [0.2, 0.25) is 0 Å². The first-order chi connectivity index (χ1) is 14.9. The molecule has 2 rings (SSSR count). The van der Waals surface area contributed by atoms with Crippen molar-refractivity contribution < 1.29 is 9.53 Å². The van der Waals surface area contributed by atoms with Crippen LogP contribution in [0.3, 0.4) is 0 Å². The molecule has 0 aliphatic heterocycles. The quantitative estimate of drug-likeness (QED) is 0.311. The Morgan fingerprint density at radius 2 is 1.65 bits per heavy atom. The molecule has 2 aromatic rings. The van der Waals surface area contributed by atoms with Crippen LogP contribution in [-0.4, -0.2) is 17.6 Å². The summed E-state index contributed by atoms with van der Waals surface area (Å²) >= 11 is 5.32. The number of hydrogen-bond acceptors (Lipinski definition) is 3. The normalized spacial score (nSPS) is 11.8. The summed E-state index contributed by atoms with van der Waals surface area (Å²) in [5.41, 5.74) is 3.08. The molecular weight excluding hydrogens is 404 g/mol. The van der Waals surface area contributed by atoms with Crippen molar-refractivity contribution in [3.8, 4) is 5.75 Å². The number of carbonyl (C=O) groups excluding carboxylic acids is 1. The molecule has 0 radical (unpaired) electrons. The Morgan fingerprint density at radius 1 is 0.968 bits per heavy atom. The fraction of sp³-hybridized carbons (Fsp3) is 0.462. The van der Waals surface area contributed by atoms with E-state index < -0.39 is 0 Å². The number of benzene rings is 2. The van der Waals surface area contributed by atoms with E-state index in [1.807, 2.05) is 43.3 Å². The number of unbranched alkanes of at least 4 members (excludes halogenated alkanes) is 3. The smallest absolute Gasteiger partial charge is 0.233 e. The molecule has 168 valence electrons. The summed E-state index contributed by atoms with van der Waals surface area (Å²) in [6, 6.07) is 15.9. The predicted molar refractivity (Wildman–Crippen MR) is 134 cm³/mol. The number of hydrogen-bond donors (Lipinski definition) is 2. The molecule has 0 saturated heterocycles. The molecule has 2 aromatic carbocycles. The van der Waals surface area contributed by atoms with Crippen LogP contribution in [0.4, 0.5) is 5.69 Å². The van der Waals surface area contributed by atoms with Crippen LogP contribution < -0.4 is 15.4 Å². The fourth-order valence-corrected chi connectivity index (χ4v) is 3.52. The van der Waals surface area contributed by atoms with Crippen molar-refractivity contribution in [1.82, 2.24) is 5.32 Å². The Kier molecular flexibility index (Phi) is 10.5. The molecule has 0 spiro atoms. The highest BCUT2D eigenvalue weighted by Gasteiger charge is 2.16. The Balaban J connectivity index is 1.79. The summed E-state index contributed by atoms with van der Waals surface area (Å²) in [4.78, 5) is 12.6. The Morgan fingerprint density at radius 3 is 2.26 bits per heavy atom. The van der Waals surface area contributed by atoms with Gasteiger partial charge in [0.1, 0.15) is 5.75 Å². The van der Waals surface area contributed by atoms with Gasteiger partial charge in [0.2, 0.25) is 5.91 Å². The van der Waals surface area contributed by atoms with Crippen molar-refractivity contribution in [3.05, 3.63) is 59.7 Å². The average molecular weight is 441 g/mol. The molecule has 1 amide bonds. The molecule has 1 unspecified atom stereocenters. The van der Waals surface area contributed by atoms with Crippen molar-refractivity contribution in [3.63, 3.8) is 0 Å². The van der Waals surface area contributed by atoms with Gasteiger partial charge in [-0.05, 0) is 73.3 Å². The lowest BCUT2D eigenvalue weighted by atomic mass is 9.96. The molecule has 4 nitrogen and oxygen atoms in total. The highest BCUT2D eigenvalue weighted by atomic mass is 32.1. The second-order valence-electron chi connectivity index (χ2n) is 8.44. The molecule has 0 heterocycles. The summed E-state index contributed by atoms with van der Waals surface area (Å²) in [6.07, 6.45) is 5.78. The summed E-state index contributed by atoms with van der Waals surface area (Å²) in [5.74, 6) is 1.05. The minimum absolute atomic E-state index is 0.124. The highest BCUT2D eigenvalue weighted by Crippen LogP contribution is 2.19. The lowest BCUT2D eigenvalue weighted by molar-refractivity contribution is -0.120. The topological polar surface area (TPSA) is 50.4 Å². The fourth-order valence-electron chi connectivity index (χ4n) is 3.30. The van der Waals surface area contributed by atoms with Gasteiger partial charge in [0.05, 0.1) is 12.5 Å². The Bertz CT molecular complexity index is 816. The maximum atomic E-state index is 12.6. The summed E-state index contributed by atoms with van der Waals surface area (Å²) in [5, 5.41) is 6.15. The largest absolute Gasteiger partial charge is 0.494 e. The van der Waals surface area contributed by atoms with Crippen LogP contribution in [0.25, 0.3) is 0 Å². The molecule has 0 bridgehead atoms. The van der Waals surface area contributed by atoms with E-state index in [9.17, 15) is 4.79 Å². The van der Waals surface area contributed by atoms with Gasteiger partial charge in [-0.3, -0.25) is 4.79 Å². The molecule has 31 heavy (non-hydrogen) atoms. The third-order valence-electron chi connectivity index (χ3n) is 5.13. The van der Waals surface area contributed by atoms with Gasteiger partial charge < -0.3 is 15.4 Å². The lowest BCUT2D eigenvalue weighted by Gasteiger charge is -2.15. The number of thiocarbonyl (C=S) groups is 1. The molecular formula is C26H36N2O2S.